The Hall–Kier alpha value is -0.350. The number of hydrogen-bond acceptors (Lipinski definition) is 2. The molecule has 1 aliphatic heterocycles. The minimum Gasteiger partial charge on any atom is -0.337 e. The van der Waals surface area contributed by atoms with E-state index in [4.69, 9.17) is 0 Å². The highest BCUT2D eigenvalue weighted by Crippen LogP contribution is 2.33. The summed E-state index contributed by atoms with van der Waals surface area (Å²) in [6, 6.07) is 2.03. The molecular formula is C11H14BrNOS. The fourth-order valence-corrected chi connectivity index (χ4v) is 3.31. The number of hydrogen-bond donors (Lipinski definition) is 0. The highest BCUT2D eigenvalue weighted by atomic mass is 79.9. The molecule has 2 rings (SSSR count). The Labute approximate surface area is 102 Å². The molecule has 4 heteroatoms. The van der Waals surface area contributed by atoms with Gasteiger partial charge in [-0.1, -0.05) is 13.8 Å². The summed E-state index contributed by atoms with van der Waals surface area (Å²) in [6.45, 7) is 5.69. The summed E-state index contributed by atoms with van der Waals surface area (Å²) in [5, 5.41) is 2.05. The third-order valence-electron chi connectivity index (χ3n) is 2.90. The second kappa shape index (κ2) is 3.91. The van der Waals surface area contributed by atoms with Crippen molar-refractivity contribution >= 4 is 33.2 Å². The average molecular weight is 288 g/mol. The van der Waals surface area contributed by atoms with E-state index in [0.717, 1.165) is 24.0 Å². The number of amides is 1. The minimum absolute atomic E-state index is 0.163. The van der Waals surface area contributed by atoms with Gasteiger partial charge < -0.3 is 4.90 Å². The van der Waals surface area contributed by atoms with Crippen LogP contribution in [0.4, 0.5) is 0 Å². The van der Waals surface area contributed by atoms with Crippen LogP contribution in [-0.2, 0) is 11.3 Å². The Bertz CT molecular complexity index is 386. The van der Waals surface area contributed by atoms with Crippen molar-refractivity contribution in [3.8, 4) is 0 Å². The molecule has 0 aliphatic carbocycles. The molecule has 1 saturated heterocycles. The zero-order valence-electron chi connectivity index (χ0n) is 8.92. The topological polar surface area (TPSA) is 20.3 Å². The maximum absolute atomic E-state index is 12.0. The molecule has 82 valence electrons. The first-order chi connectivity index (χ1) is 7.00. The highest BCUT2D eigenvalue weighted by molar-refractivity contribution is 9.10. The fourth-order valence-electron chi connectivity index (χ4n) is 1.81. The molecule has 0 N–H and O–H groups in total. The van der Waals surface area contributed by atoms with Crippen LogP contribution in [0.2, 0.25) is 0 Å². The molecule has 0 saturated carbocycles. The number of carbonyl (C=O) groups is 1. The van der Waals surface area contributed by atoms with Crippen molar-refractivity contribution in [2.75, 3.05) is 6.54 Å². The Balaban J connectivity index is 2.09. The smallest absolute Gasteiger partial charge is 0.228 e. The van der Waals surface area contributed by atoms with E-state index < -0.39 is 0 Å². The van der Waals surface area contributed by atoms with Crippen LogP contribution >= 0.6 is 27.3 Å². The number of likely N-dealkylation sites (tertiary alicyclic amines) is 1. The summed E-state index contributed by atoms with van der Waals surface area (Å²) in [6.07, 6.45) is 0.967. The van der Waals surface area contributed by atoms with Gasteiger partial charge in [0.15, 0.2) is 0 Å². The standard InChI is InChI=1S/C11H14BrNOS/c1-11(2)4-5-13(10(11)14)7-9-8(12)3-6-15-9/h3,6H,4-5,7H2,1-2H3. The van der Waals surface area contributed by atoms with E-state index in [1.165, 1.54) is 4.88 Å². The van der Waals surface area contributed by atoms with Crippen LogP contribution in [-0.4, -0.2) is 17.4 Å². The summed E-state index contributed by atoms with van der Waals surface area (Å²) in [7, 11) is 0. The van der Waals surface area contributed by atoms with E-state index in [9.17, 15) is 4.79 Å². The molecule has 0 spiro atoms. The Morgan fingerprint density at radius 1 is 1.60 bits per heavy atom. The van der Waals surface area contributed by atoms with Crippen LogP contribution in [0.5, 0.6) is 0 Å². The summed E-state index contributed by atoms with van der Waals surface area (Å²) in [5.41, 5.74) is -0.163. The first-order valence-electron chi connectivity index (χ1n) is 5.02. The van der Waals surface area contributed by atoms with Crippen molar-refractivity contribution < 1.29 is 4.79 Å². The fraction of sp³-hybridized carbons (Fsp3) is 0.545. The van der Waals surface area contributed by atoms with E-state index in [2.05, 4.69) is 15.9 Å². The lowest BCUT2D eigenvalue weighted by Gasteiger charge is -2.19. The molecule has 1 aromatic rings. The maximum atomic E-state index is 12.0. The zero-order valence-corrected chi connectivity index (χ0v) is 11.3. The van der Waals surface area contributed by atoms with Gasteiger partial charge in [0.1, 0.15) is 0 Å². The molecule has 1 aliphatic rings. The maximum Gasteiger partial charge on any atom is 0.228 e. The molecule has 0 radical (unpaired) electrons. The van der Waals surface area contributed by atoms with Gasteiger partial charge in [-0.2, -0.15) is 0 Å². The van der Waals surface area contributed by atoms with Gasteiger partial charge in [-0.15, -0.1) is 11.3 Å². The summed E-state index contributed by atoms with van der Waals surface area (Å²) < 4.78 is 1.12. The molecule has 0 unspecified atom stereocenters. The van der Waals surface area contributed by atoms with Crippen molar-refractivity contribution in [3.05, 3.63) is 20.8 Å². The van der Waals surface area contributed by atoms with Crippen LogP contribution in [0.25, 0.3) is 0 Å². The van der Waals surface area contributed by atoms with E-state index in [1.807, 2.05) is 30.2 Å². The lowest BCUT2D eigenvalue weighted by atomic mass is 9.92. The van der Waals surface area contributed by atoms with Gasteiger partial charge in [0.2, 0.25) is 5.91 Å². The number of halogens is 1. The zero-order chi connectivity index (χ0) is 11.1. The van der Waals surface area contributed by atoms with Gasteiger partial charge in [-0.25, -0.2) is 0 Å². The SMILES string of the molecule is CC1(C)CCN(Cc2sccc2Br)C1=O. The van der Waals surface area contributed by atoms with E-state index in [0.29, 0.717) is 0 Å². The van der Waals surface area contributed by atoms with Gasteiger partial charge in [-0.3, -0.25) is 4.79 Å². The second-order valence-electron chi connectivity index (χ2n) is 4.55. The van der Waals surface area contributed by atoms with Crippen molar-refractivity contribution in [1.29, 1.82) is 0 Å². The van der Waals surface area contributed by atoms with E-state index in [-0.39, 0.29) is 11.3 Å². The van der Waals surface area contributed by atoms with Gasteiger partial charge in [0, 0.05) is 21.3 Å². The molecule has 1 amide bonds. The van der Waals surface area contributed by atoms with Gasteiger partial charge in [0.25, 0.3) is 0 Å². The first kappa shape index (κ1) is 11.1. The van der Waals surface area contributed by atoms with Crippen LogP contribution in [0.15, 0.2) is 15.9 Å². The van der Waals surface area contributed by atoms with Crippen molar-refractivity contribution in [3.63, 3.8) is 0 Å². The highest BCUT2D eigenvalue weighted by Gasteiger charge is 2.38. The minimum atomic E-state index is -0.163. The Kier molecular flexibility index (Phi) is 2.90. The van der Waals surface area contributed by atoms with Gasteiger partial charge in [-0.05, 0) is 33.8 Å². The number of thiophene rings is 1. The van der Waals surface area contributed by atoms with Crippen molar-refractivity contribution in [1.82, 2.24) is 4.90 Å². The lowest BCUT2D eigenvalue weighted by molar-refractivity contribution is -0.135. The van der Waals surface area contributed by atoms with Crippen LogP contribution in [0.3, 0.4) is 0 Å². The normalized spacial score (nSPS) is 19.9. The Morgan fingerprint density at radius 2 is 2.33 bits per heavy atom. The number of carbonyl (C=O) groups excluding carboxylic acids is 1. The average Bonchev–Trinajstić information content (AvgIpc) is 2.66. The van der Waals surface area contributed by atoms with Crippen molar-refractivity contribution in [2.45, 2.75) is 26.8 Å². The molecule has 1 aromatic heterocycles. The second-order valence-corrected chi connectivity index (χ2v) is 6.41. The van der Waals surface area contributed by atoms with Crippen molar-refractivity contribution in [2.24, 2.45) is 5.41 Å². The molecule has 2 nitrogen and oxygen atoms in total. The molecule has 2 heterocycles. The number of rotatable bonds is 2. The monoisotopic (exact) mass is 287 g/mol. The van der Waals surface area contributed by atoms with Gasteiger partial charge >= 0.3 is 0 Å². The van der Waals surface area contributed by atoms with E-state index in [1.54, 1.807) is 11.3 Å². The largest absolute Gasteiger partial charge is 0.337 e. The van der Waals surface area contributed by atoms with E-state index >= 15 is 0 Å². The molecule has 1 fully saturated rings. The summed E-state index contributed by atoms with van der Waals surface area (Å²) >= 11 is 5.19. The van der Waals surface area contributed by atoms with Crippen LogP contribution < -0.4 is 0 Å². The number of nitrogens with zero attached hydrogens (tertiary/aromatic N) is 1. The predicted octanol–water partition coefficient (Wildman–Crippen LogP) is 3.27. The molecule has 0 aromatic carbocycles. The quantitative estimate of drug-likeness (QED) is 0.818. The first-order valence-corrected chi connectivity index (χ1v) is 6.69. The predicted molar refractivity (Wildman–Crippen MR) is 65.8 cm³/mol. The Morgan fingerprint density at radius 3 is 2.80 bits per heavy atom. The molecular weight excluding hydrogens is 274 g/mol. The third kappa shape index (κ3) is 2.11. The molecule has 0 atom stereocenters. The summed E-state index contributed by atoms with van der Waals surface area (Å²) in [5.74, 6) is 0.280. The van der Waals surface area contributed by atoms with Crippen LogP contribution in [0.1, 0.15) is 25.1 Å². The van der Waals surface area contributed by atoms with Gasteiger partial charge in [0.05, 0.1) is 6.54 Å². The molecule has 15 heavy (non-hydrogen) atoms. The van der Waals surface area contributed by atoms with Crippen LogP contribution in [0, 0.1) is 5.41 Å². The lowest BCUT2D eigenvalue weighted by Crippen LogP contribution is -2.30. The third-order valence-corrected chi connectivity index (χ3v) is 4.81. The molecule has 0 bridgehead atoms. The summed E-state index contributed by atoms with van der Waals surface area (Å²) in [4.78, 5) is 15.2.